The van der Waals surface area contributed by atoms with E-state index in [1.807, 2.05) is 44.4 Å². The van der Waals surface area contributed by atoms with Crippen LogP contribution in [-0.4, -0.2) is 34.8 Å². The largest absolute Gasteiger partial charge is 0.497 e. The second kappa shape index (κ2) is 8.98. The van der Waals surface area contributed by atoms with Crippen LogP contribution in [0.15, 0.2) is 36.7 Å². The van der Waals surface area contributed by atoms with Gasteiger partial charge in [-0.3, -0.25) is 9.48 Å². The Hall–Kier alpha value is -2.42. The minimum atomic E-state index is -0.489. The predicted octanol–water partition coefficient (Wildman–Crippen LogP) is 3.18. The maximum absolute atomic E-state index is 12.6. The minimum absolute atomic E-state index is 0. The van der Waals surface area contributed by atoms with Gasteiger partial charge in [0.05, 0.1) is 19.0 Å². The number of aryl methyl sites for hydroxylation is 2. The summed E-state index contributed by atoms with van der Waals surface area (Å²) in [6.07, 6.45) is 3.49. The second-order valence-electron chi connectivity index (χ2n) is 5.81. The van der Waals surface area contributed by atoms with Crippen molar-refractivity contribution < 1.29 is 9.53 Å². The van der Waals surface area contributed by atoms with E-state index in [0.29, 0.717) is 5.13 Å². The highest BCUT2D eigenvalue weighted by atomic mass is 35.5. The molecule has 3 aromatic rings. The van der Waals surface area contributed by atoms with Crippen molar-refractivity contribution >= 4 is 34.8 Å². The standard InChI is InChI=1S/C18H21N5O2S.ClH/c1-11-15(12-5-7-14(25-4)8-6-12)21-18(26-11)22-17(24)16(19-2)13-9-20-23(3)10-13;/h5-10,16,19H,1-4H3,(H,21,22,24);1H. The van der Waals surface area contributed by atoms with Gasteiger partial charge in [0.15, 0.2) is 5.13 Å². The van der Waals surface area contributed by atoms with Crippen LogP contribution in [-0.2, 0) is 11.8 Å². The lowest BCUT2D eigenvalue weighted by Crippen LogP contribution is -2.30. The Morgan fingerprint density at radius 3 is 2.56 bits per heavy atom. The van der Waals surface area contributed by atoms with E-state index in [2.05, 4.69) is 20.7 Å². The lowest BCUT2D eigenvalue weighted by atomic mass is 10.1. The summed E-state index contributed by atoms with van der Waals surface area (Å²) in [6, 6.07) is 7.21. The topological polar surface area (TPSA) is 81.1 Å². The predicted molar refractivity (Wildman–Crippen MR) is 110 cm³/mol. The molecule has 2 heterocycles. The number of methoxy groups -OCH3 is 1. The van der Waals surface area contributed by atoms with Gasteiger partial charge in [0.1, 0.15) is 11.8 Å². The Labute approximate surface area is 168 Å². The summed E-state index contributed by atoms with van der Waals surface area (Å²) in [7, 11) is 5.20. The van der Waals surface area contributed by atoms with E-state index in [9.17, 15) is 4.79 Å². The van der Waals surface area contributed by atoms with Crippen molar-refractivity contribution in [3.05, 3.63) is 47.1 Å². The van der Waals surface area contributed by atoms with E-state index in [0.717, 1.165) is 27.4 Å². The van der Waals surface area contributed by atoms with Crippen LogP contribution in [0.5, 0.6) is 5.75 Å². The lowest BCUT2D eigenvalue weighted by molar-refractivity contribution is -0.118. The smallest absolute Gasteiger partial charge is 0.247 e. The van der Waals surface area contributed by atoms with Crippen molar-refractivity contribution in [2.24, 2.45) is 7.05 Å². The van der Waals surface area contributed by atoms with Crippen LogP contribution >= 0.6 is 23.7 Å². The molecule has 0 fully saturated rings. The van der Waals surface area contributed by atoms with Gasteiger partial charge in [0.2, 0.25) is 5.91 Å². The fourth-order valence-electron chi connectivity index (χ4n) is 2.68. The number of thiazole rings is 1. The Morgan fingerprint density at radius 2 is 2.00 bits per heavy atom. The summed E-state index contributed by atoms with van der Waals surface area (Å²) in [4.78, 5) is 18.3. The van der Waals surface area contributed by atoms with Gasteiger partial charge < -0.3 is 15.4 Å². The van der Waals surface area contributed by atoms with Gasteiger partial charge >= 0.3 is 0 Å². The van der Waals surface area contributed by atoms with Crippen LogP contribution in [0.3, 0.4) is 0 Å². The average Bonchev–Trinajstić information content (AvgIpc) is 3.21. The number of carbonyl (C=O) groups is 1. The van der Waals surface area contributed by atoms with E-state index < -0.39 is 6.04 Å². The van der Waals surface area contributed by atoms with Crippen molar-refractivity contribution in [3.63, 3.8) is 0 Å². The molecule has 0 saturated heterocycles. The Balaban J connectivity index is 0.00000261. The number of nitrogens with zero attached hydrogens (tertiary/aromatic N) is 3. The molecular weight excluding hydrogens is 386 g/mol. The van der Waals surface area contributed by atoms with E-state index in [4.69, 9.17) is 4.74 Å². The number of halogens is 1. The zero-order valence-corrected chi connectivity index (χ0v) is 17.1. The van der Waals surface area contributed by atoms with Gasteiger partial charge in [-0.2, -0.15) is 5.10 Å². The number of likely N-dealkylation sites (N-methyl/N-ethyl adjacent to an activating group) is 1. The molecule has 27 heavy (non-hydrogen) atoms. The third-order valence-electron chi connectivity index (χ3n) is 4.00. The molecule has 1 amide bonds. The first kappa shape index (κ1) is 20.9. The first-order valence-electron chi connectivity index (χ1n) is 8.10. The summed E-state index contributed by atoms with van der Waals surface area (Å²) >= 11 is 1.45. The van der Waals surface area contributed by atoms with Crippen molar-refractivity contribution in [1.82, 2.24) is 20.1 Å². The van der Waals surface area contributed by atoms with E-state index in [1.54, 1.807) is 25.0 Å². The van der Waals surface area contributed by atoms with Crippen LogP contribution < -0.4 is 15.4 Å². The molecule has 7 nitrogen and oxygen atoms in total. The van der Waals surface area contributed by atoms with Crippen LogP contribution in [0.25, 0.3) is 11.3 Å². The van der Waals surface area contributed by atoms with Crippen molar-refractivity contribution in [2.75, 3.05) is 19.5 Å². The molecule has 1 atom stereocenters. The highest BCUT2D eigenvalue weighted by Crippen LogP contribution is 2.31. The molecule has 9 heteroatoms. The summed E-state index contributed by atoms with van der Waals surface area (Å²) in [5.41, 5.74) is 2.64. The van der Waals surface area contributed by atoms with E-state index >= 15 is 0 Å². The number of ether oxygens (including phenoxy) is 1. The summed E-state index contributed by atoms with van der Waals surface area (Å²) in [5, 5.41) is 10.6. The molecule has 0 saturated carbocycles. The molecule has 2 aromatic heterocycles. The number of hydrogen-bond acceptors (Lipinski definition) is 6. The molecule has 0 spiro atoms. The molecule has 144 valence electrons. The molecule has 1 aromatic carbocycles. The molecule has 2 N–H and O–H groups in total. The lowest BCUT2D eigenvalue weighted by Gasteiger charge is -2.12. The third-order valence-corrected chi connectivity index (χ3v) is 4.89. The zero-order valence-electron chi connectivity index (χ0n) is 15.5. The number of rotatable bonds is 6. The normalized spacial score (nSPS) is 11.6. The second-order valence-corrected chi connectivity index (χ2v) is 7.01. The van der Waals surface area contributed by atoms with Crippen LogP contribution in [0.2, 0.25) is 0 Å². The molecule has 0 aliphatic rings. The van der Waals surface area contributed by atoms with Crippen LogP contribution in [0, 0.1) is 6.92 Å². The van der Waals surface area contributed by atoms with E-state index in [-0.39, 0.29) is 18.3 Å². The van der Waals surface area contributed by atoms with Crippen LogP contribution in [0.1, 0.15) is 16.5 Å². The molecule has 1 unspecified atom stereocenters. The summed E-state index contributed by atoms with van der Waals surface area (Å²) < 4.78 is 6.86. The fourth-order valence-corrected chi connectivity index (χ4v) is 3.52. The third kappa shape index (κ3) is 4.65. The minimum Gasteiger partial charge on any atom is -0.497 e. The molecule has 3 rings (SSSR count). The molecule has 0 bridgehead atoms. The van der Waals surface area contributed by atoms with Crippen LogP contribution in [0.4, 0.5) is 5.13 Å². The SMILES string of the molecule is CNC(C(=O)Nc1nc(-c2ccc(OC)cc2)c(C)s1)c1cnn(C)c1.Cl. The average molecular weight is 408 g/mol. The Morgan fingerprint density at radius 1 is 1.30 bits per heavy atom. The number of carbonyl (C=O) groups excluding carboxylic acids is 1. The van der Waals surface area contributed by atoms with Gasteiger partial charge in [-0.25, -0.2) is 4.98 Å². The quantitative estimate of drug-likeness (QED) is 0.655. The van der Waals surface area contributed by atoms with Gasteiger partial charge in [-0.1, -0.05) is 0 Å². The van der Waals surface area contributed by atoms with Gasteiger partial charge in [-0.15, -0.1) is 23.7 Å². The number of benzene rings is 1. The van der Waals surface area contributed by atoms with Crippen molar-refractivity contribution in [1.29, 1.82) is 0 Å². The highest BCUT2D eigenvalue weighted by Gasteiger charge is 2.22. The summed E-state index contributed by atoms with van der Waals surface area (Å²) in [5.74, 6) is 0.624. The number of amides is 1. The van der Waals surface area contributed by atoms with Crippen molar-refractivity contribution in [2.45, 2.75) is 13.0 Å². The monoisotopic (exact) mass is 407 g/mol. The highest BCUT2D eigenvalue weighted by molar-refractivity contribution is 7.16. The molecule has 0 radical (unpaired) electrons. The van der Waals surface area contributed by atoms with Gasteiger partial charge in [0.25, 0.3) is 0 Å². The van der Waals surface area contributed by atoms with Crippen molar-refractivity contribution in [3.8, 4) is 17.0 Å². The molecule has 0 aliphatic carbocycles. The maximum atomic E-state index is 12.6. The van der Waals surface area contributed by atoms with Gasteiger partial charge in [0, 0.05) is 29.2 Å². The molecule has 0 aliphatic heterocycles. The molecular formula is C18H22ClN5O2S. The maximum Gasteiger partial charge on any atom is 0.247 e. The number of nitrogens with one attached hydrogen (secondary N) is 2. The fraction of sp³-hybridized carbons (Fsp3) is 0.278. The van der Waals surface area contributed by atoms with E-state index in [1.165, 1.54) is 11.3 Å². The zero-order chi connectivity index (χ0) is 18.7. The number of aromatic nitrogens is 3. The Kier molecular flexibility index (Phi) is 6.95. The number of hydrogen-bond donors (Lipinski definition) is 2. The first-order chi connectivity index (χ1) is 12.5. The Bertz CT molecular complexity index is 907. The van der Waals surface area contributed by atoms with Gasteiger partial charge in [-0.05, 0) is 38.2 Å². The first-order valence-corrected chi connectivity index (χ1v) is 8.92. The summed E-state index contributed by atoms with van der Waals surface area (Å²) in [6.45, 7) is 1.99. The number of anilines is 1.